The van der Waals surface area contributed by atoms with Gasteiger partial charge in [0.05, 0.1) is 10.9 Å². The number of aromatic amines is 1. The zero-order valence-corrected chi connectivity index (χ0v) is 12.6. The predicted octanol–water partition coefficient (Wildman–Crippen LogP) is 2.21. The standard InChI is InChI=1S/C16H22N4O/c1-11(2)20-9-7-12(8-10-20)17-16-18-14-6-4-3-5-13(14)15(21)19-16/h3-6,11-12H,7-10H2,1-2H3,(H2,17,18,19,21). The lowest BCUT2D eigenvalue weighted by atomic mass is 10.0. The molecule has 112 valence electrons. The van der Waals surface area contributed by atoms with E-state index in [9.17, 15) is 4.79 Å². The molecular weight excluding hydrogens is 264 g/mol. The van der Waals surface area contributed by atoms with Gasteiger partial charge in [-0.25, -0.2) is 4.98 Å². The number of hydrogen-bond acceptors (Lipinski definition) is 4. The Bertz CT molecular complexity index is 671. The fourth-order valence-electron chi connectivity index (χ4n) is 2.91. The van der Waals surface area contributed by atoms with E-state index < -0.39 is 0 Å². The minimum atomic E-state index is -0.0808. The summed E-state index contributed by atoms with van der Waals surface area (Å²) in [4.78, 5) is 21.9. The summed E-state index contributed by atoms with van der Waals surface area (Å²) in [5, 5.41) is 4.02. The number of rotatable bonds is 3. The quantitative estimate of drug-likeness (QED) is 0.908. The van der Waals surface area contributed by atoms with Crippen LogP contribution in [0.2, 0.25) is 0 Å². The van der Waals surface area contributed by atoms with Gasteiger partial charge in [0.15, 0.2) is 0 Å². The Morgan fingerprint density at radius 3 is 2.71 bits per heavy atom. The molecule has 21 heavy (non-hydrogen) atoms. The number of anilines is 1. The third kappa shape index (κ3) is 3.08. The number of likely N-dealkylation sites (tertiary alicyclic amines) is 1. The zero-order valence-electron chi connectivity index (χ0n) is 12.6. The second-order valence-corrected chi connectivity index (χ2v) is 5.98. The van der Waals surface area contributed by atoms with E-state index in [2.05, 4.69) is 34.0 Å². The van der Waals surface area contributed by atoms with E-state index >= 15 is 0 Å². The molecule has 0 bridgehead atoms. The van der Waals surface area contributed by atoms with Crippen LogP contribution in [0.1, 0.15) is 26.7 Å². The topological polar surface area (TPSA) is 61.0 Å². The molecule has 1 aromatic heterocycles. The summed E-state index contributed by atoms with van der Waals surface area (Å²) in [7, 11) is 0. The fraction of sp³-hybridized carbons (Fsp3) is 0.500. The molecule has 2 N–H and O–H groups in total. The van der Waals surface area contributed by atoms with E-state index in [0.717, 1.165) is 31.4 Å². The van der Waals surface area contributed by atoms with Crippen LogP contribution in [0.3, 0.4) is 0 Å². The number of nitrogens with one attached hydrogen (secondary N) is 2. The minimum Gasteiger partial charge on any atom is -0.353 e. The molecule has 2 heterocycles. The minimum absolute atomic E-state index is 0.0808. The Kier molecular flexibility index (Phi) is 3.92. The fourth-order valence-corrected chi connectivity index (χ4v) is 2.91. The summed E-state index contributed by atoms with van der Waals surface area (Å²) in [6.07, 6.45) is 2.16. The van der Waals surface area contributed by atoms with Crippen LogP contribution in [0.25, 0.3) is 10.9 Å². The maximum absolute atomic E-state index is 12.0. The van der Waals surface area contributed by atoms with Crippen molar-refractivity contribution < 1.29 is 0 Å². The number of nitrogens with zero attached hydrogens (tertiary/aromatic N) is 2. The van der Waals surface area contributed by atoms with Gasteiger partial charge in [-0.05, 0) is 38.8 Å². The highest BCUT2D eigenvalue weighted by atomic mass is 16.1. The summed E-state index contributed by atoms with van der Waals surface area (Å²) in [5.41, 5.74) is 0.658. The molecule has 2 aromatic rings. The molecule has 1 aliphatic heterocycles. The Balaban J connectivity index is 1.73. The monoisotopic (exact) mass is 286 g/mol. The number of aromatic nitrogens is 2. The second kappa shape index (κ2) is 5.85. The lowest BCUT2D eigenvalue weighted by Gasteiger charge is -2.34. The van der Waals surface area contributed by atoms with Gasteiger partial charge in [-0.2, -0.15) is 0 Å². The highest BCUT2D eigenvalue weighted by Gasteiger charge is 2.21. The Hall–Kier alpha value is -1.88. The Labute approximate surface area is 124 Å². The van der Waals surface area contributed by atoms with Gasteiger partial charge in [-0.3, -0.25) is 9.78 Å². The maximum atomic E-state index is 12.0. The van der Waals surface area contributed by atoms with Gasteiger partial charge in [0.1, 0.15) is 0 Å². The average Bonchev–Trinajstić information content (AvgIpc) is 2.48. The predicted molar refractivity (Wildman–Crippen MR) is 85.7 cm³/mol. The molecule has 0 aliphatic carbocycles. The summed E-state index contributed by atoms with van der Waals surface area (Å²) in [5.74, 6) is 0.585. The van der Waals surface area contributed by atoms with Crippen molar-refractivity contribution in [1.82, 2.24) is 14.9 Å². The van der Waals surface area contributed by atoms with Gasteiger partial charge in [-0.1, -0.05) is 12.1 Å². The van der Waals surface area contributed by atoms with Crippen LogP contribution >= 0.6 is 0 Å². The lowest BCUT2D eigenvalue weighted by molar-refractivity contribution is 0.177. The highest BCUT2D eigenvalue weighted by Crippen LogP contribution is 2.16. The number of piperidine rings is 1. The van der Waals surface area contributed by atoms with Gasteiger partial charge < -0.3 is 10.2 Å². The third-order valence-electron chi connectivity index (χ3n) is 4.21. The van der Waals surface area contributed by atoms with E-state index in [1.165, 1.54) is 0 Å². The summed E-state index contributed by atoms with van der Waals surface area (Å²) < 4.78 is 0. The molecule has 0 amide bonds. The largest absolute Gasteiger partial charge is 0.353 e. The molecule has 0 unspecified atom stereocenters. The molecule has 1 aliphatic rings. The van der Waals surface area contributed by atoms with Crippen molar-refractivity contribution in [1.29, 1.82) is 0 Å². The summed E-state index contributed by atoms with van der Waals surface area (Å²) >= 11 is 0. The molecule has 5 nitrogen and oxygen atoms in total. The Morgan fingerprint density at radius 1 is 1.29 bits per heavy atom. The van der Waals surface area contributed by atoms with Gasteiger partial charge in [0, 0.05) is 25.2 Å². The van der Waals surface area contributed by atoms with Crippen molar-refractivity contribution in [3.8, 4) is 0 Å². The number of hydrogen-bond donors (Lipinski definition) is 2. The van der Waals surface area contributed by atoms with Crippen molar-refractivity contribution in [2.75, 3.05) is 18.4 Å². The van der Waals surface area contributed by atoms with Crippen molar-refractivity contribution in [3.63, 3.8) is 0 Å². The molecule has 1 fully saturated rings. The van der Waals surface area contributed by atoms with Gasteiger partial charge in [0.2, 0.25) is 5.95 Å². The molecule has 0 saturated carbocycles. The number of benzene rings is 1. The number of H-pyrrole nitrogens is 1. The molecule has 0 spiro atoms. The van der Waals surface area contributed by atoms with E-state index in [4.69, 9.17) is 0 Å². The molecule has 1 saturated heterocycles. The highest BCUT2D eigenvalue weighted by molar-refractivity contribution is 5.78. The Morgan fingerprint density at radius 2 is 2.00 bits per heavy atom. The van der Waals surface area contributed by atoms with Gasteiger partial charge in [-0.15, -0.1) is 0 Å². The zero-order chi connectivity index (χ0) is 14.8. The first-order valence-electron chi connectivity index (χ1n) is 7.63. The lowest BCUT2D eigenvalue weighted by Crippen LogP contribution is -2.42. The molecular formula is C16H22N4O. The maximum Gasteiger partial charge on any atom is 0.260 e. The summed E-state index contributed by atoms with van der Waals surface area (Å²) in [6, 6.07) is 8.41. The molecule has 0 radical (unpaired) electrons. The van der Waals surface area contributed by atoms with E-state index in [1.807, 2.05) is 18.2 Å². The van der Waals surface area contributed by atoms with Crippen molar-refractivity contribution in [2.45, 2.75) is 38.8 Å². The molecule has 5 heteroatoms. The average molecular weight is 286 g/mol. The smallest absolute Gasteiger partial charge is 0.260 e. The van der Waals surface area contributed by atoms with Crippen LogP contribution in [0.5, 0.6) is 0 Å². The second-order valence-electron chi connectivity index (χ2n) is 5.98. The molecule has 0 atom stereocenters. The normalized spacial score (nSPS) is 17.5. The number of fused-ring (bicyclic) bond motifs is 1. The van der Waals surface area contributed by atoms with Crippen LogP contribution in [0.15, 0.2) is 29.1 Å². The molecule has 1 aromatic carbocycles. The first-order chi connectivity index (χ1) is 10.1. The molecule has 3 rings (SSSR count). The van der Waals surface area contributed by atoms with Crippen LogP contribution in [0, 0.1) is 0 Å². The van der Waals surface area contributed by atoms with Crippen LogP contribution in [0.4, 0.5) is 5.95 Å². The van der Waals surface area contributed by atoms with E-state index in [-0.39, 0.29) is 5.56 Å². The first kappa shape index (κ1) is 14.1. The summed E-state index contributed by atoms with van der Waals surface area (Å²) in [6.45, 7) is 6.65. The van der Waals surface area contributed by atoms with Gasteiger partial charge in [0.25, 0.3) is 5.56 Å². The van der Waals surface area contributed by atoms with Crippen molar-refractivity contribution in [3.05, 3.63) is 34.6 Å². The van der Waals surface area contributed by atoms with Gasteiger partial charge >= 0.3 is 0 Å². The van der Waals surface area contributed by atoms with Crippen LogP contribution in [-0.4, -0.2) is 40.0 Å². The van der Waals surface area contributed by atoms with Crippen LogP contribution in [-0.2, 0) is 0 Å². The SMILES string of the molecule is CC(C)N1CCC(Nc2nc3ccccc3c(=O)[nH]2)CC1. The number of para-hydroxylation sites is 1. The third-order valence-corrected chi connectivity index (χ3v) is 4.21. The first-order valence-corrected chi connectivity index (χ1v) is 7.63. The van der Waals surface area contributed by atoms with Crippen LogP contribution < -0.4 is 10.9 Å². The van der Waals surface area contributed by atoms with E-state index in [1.54, 1.807) is 6.07 Å². The van der Waals surface area contributed by atoms with Crippen molar-refractivity contribution in [2.24, 2.45) is 0 Å². The van der Waals surface area contributed by atoms with E-state index in [0.29, 0.717) is 23.4 Å². The van der Waals surface area contributed by atoms with Crippen molar-refractivity contribution >= 4 is 16.9 Å².